The van der Waals surface area contributed by atoms with E-state index in [4.69, 9.17) is 23.2 Å². The summed E-state index contributed by atoms with van der Waals surface area (Å²) in [5.41, 5.74) is 1.10. The van der Waals surface area contributed by atoms with Crippen molar-refractivity contribution in [2.75, 3.05) is 6.54 Å². The molecule has 0 heterocycles. The molecule has 5 heteroatoms. The van der Waals surface area contributed by atoms with Crippen molar-refractivity contribution in [1.82, 2.24) is 5.32 Å². The zero-order valence-corrected chi connectivity index (χ0v) is 14.2. The van der Waals surface area contributed by atoms with Crippen LogP contribution in [0.1, 0.15) is 22.0 Å². The Kier molecular flexibility index (Phi) is 5.05. The fraction of sp³-hybridized carbons (Fsp3) is 0.105. The highest BCUT2D eigenvalue weighted by molar-refractivity contribution is 6.35. The van der Waals surface area contributed by atoms with E-state index in [1.165, 1.54) is 0 Å². The Bertz CT molecular complexity index is 890. The highest BCUT2D eigenvalue weighted by Gasteiger charge is 2.15. The largest absolute Gasteiger partial charge is 0.387 e. The minimum atomic E-state index is -0.909. The van der Waals surface area contributed by atoms with Crippen molar-refractivity contribution in [1.29, 1.82) is 0 Å². The zero-order valence-electron chi connectivity index (χ0n) is 12.7. The van der Waals surface area contributed by atoms with E-state index in [2.05, 4.69) is 5.32 Å². The average Bonchev–Trinajstić information content (AvgIpc) is 2.59. The second kappa shape index (κ2) is 7.22. The lowest BCUT2D eigenvalue weighted by atomic mass is 10.0. The molecular weight excluding hydrogens is 345 g/mol. The van der Waals surface area contributed by atoms with Gasteiger partial charge in [0.05, 0.1) is 6.10 Å². The van der Waals surface area contributed by atoms with E-state index < -0.39 is 6.10 Å². The minimum absolute atomic E-state index is 0.0589. The van der Waals surface area contributed by atoms with Crippen molar-refractivity contribution in [2.24, 2.45) is 0 Å². The average molecular weight is 360 g/mol. The van der Waals surface area contributed by atoms with Crippen molar-refractivity contribution in [3.8, 4) is 0 Å². The number of hydrogen-bond donors (Lipinski definition) is 2. The summed E-state index contributed by atoms with van der Waals surface area (Å²) >= 11 is 11.9. The number of halogens is 2. The fourth-order valence-corrected chi connectivity index (χ4v) is 3.12. The number of nitrogens with one attached hydrogen (secondary N) is 1. The highest BCUT2D eigenvalue weighted by atomic mass is 35.5. The van der Waals surface area contributed by atoms with Gasteiger partial charge in [0.25, 0.3) is 5.91 Å². The summed E-state index contributed by atoms with van der Waals surface area (Å²) in [6.07, 6.45) is -0.909. The van der Waals surface area contributed by atoms with Crippen LogP contribution in [-0.4, -0.2) is 17.6 Å². The van der Waals surface area contributed by atoms with Gasteiger partial charge in [0.15, 0.2) is 0 Å². The summed E-state index contributed by atoms with van der Waals surface area (Å²) in [6, 6.07) is 18.1. The molecule has 1 amide bonds. The van der Waals surface area contributed by atoms with Gasteiger partial charge < -0.3 is 10.4 Å². The third-order valence-electron chi connectivity index (χ3n) is 3.81. The Balaban J connectivity index is 1.75. The number of hydrogen-bond acceptors (Lipinski definition) is 2. The van der Waals surface area contributed by atoms with Crippen LogP contribution in [-0.2, 0) is 0 Å². The quantitative estimate of drug-likeness (QED) is 0.714. The maximum absolute atomic E-state index is 12.5. The lowest BCUT2D eigenvalue weighted by molar-refractivity contribution is 0.0918. The maximum atomic E-state index is 12.5. The smallest absolute Gasteiger partial charge is 0.252 e. The Labute approximate surface area is 149 Å². The van der Waals surface area contributed by atoms with Crippen LogP contribution < -0.4 is 5.32 Å². The Morgan fingerprint density at radius 1 is 1.04 bits per heavy atom. The van der Waals surface area contributed by atoms with Gasteiger partial charge in [-0.3, -0.25) is 4.79 Å². The molecule has 0 aliphatic heterocycles. The molecule has 0 saturated carbocycles. The second-order valence-electron chi connectivity index (χ2n) is 5.42. The van der Waals surface area contributed by atoms with Gasteiger partial charge in [-0.05, 0) is 29.0 Å². The third kappa shape index (κ3) is 3.54. The van der Waals surface area contributed by atoms with Gasteiger partial charge in [0, 0.05) is 27.7 Å². The van der Waals surface area contributed by atoms with Crippen molar-refractivity contribution >= 4 is 39.9 Å². The summed E-state index contributed by atoms with van der Waals surface area (Å²) in [6.45, 7) is 0.0589. The molecular formula is C19H15Cl2NO2. The van der Waals surface area contributed by atoms with Gasteiger partial charge >= 0.3 is 0 Å². The molecule has 3 rings (SSSR count). The predicted molar refractivity (Wildman–Crippen MR) is 97.7 cm³/mol. The normalized spacial score (nSPS) is 12.1. The molecule has 3 aromatic rings. The molecule has 0 radical (unpaired) electrons. The van der Waals surface area contributed by atoms with Gasteiger partial charge in [0.2, 0.25) is 0 Å². The topological polar surface area (TPSA) is 49.3 Å². The molecule has 0 aliphatic rings. The predicted octanol–water partition coefficient (Wildman–Crippen LogP) is 4.61. The molecule has 1 atom stereocenters. The first-order valence-corrected chi connectivity index (χ1v) is 8.21. The lowest BCUT2D eigenvalue weighted by Crippen LogP contribution is -2.28. The van der Waals surface area contributed by atoms with E-state index in [0.29, 0.717) is 21.2 Å². The standard InChI is InChI=1S/C19H15Cl2NO2/c20-13-8-9-16(17(21)10-13)18(23)11-22-19(24)15-7-3-5-12-4-1-2-6-14(12)15/h1-10,18,23H,11H2,(H,22,24). The van der Waals surface area contributed by atoms with Crippen LogP contribution in [0.3, 0.4) is 0 Å². The van der Waals surface area contributed by atoms with Crippen LogP contribution in [0, 0.1) is 0 Å². The van der Waals surface area contributed by atoms with Gasteiger partial charge in [-0.2, -0.15) is 0 Å². The lowest BCUT2D eigenvalue weighted by Gasteiger charge is -2.14. The summed E-state index contributed by atoms with van der Waals surface area (Å²) in [5, 5.41) is 15.7. The van der Waals surface area contributed by atoms with Gasteiger partial charge in [-0.25, -0.2) is 0 Å². The monoisotopic (exact) mass is 359 g/mol. The molecule has 3 nitrogen and oxygen atoms in total. The minimum Gasteiger partial charge on any atom is -0.387 e. The van der Waals surface area contributed by atoms with Crippen LogP contribution in [0.2, 0.25) is 10.0 Å². The van der Waals surface area contributed by atoms with Crippen molar-refractivity contribution in [3.63, 3.8) is 0 Å². The molecule has 122 valence electrons. The van der Waals surface area contributed by atoms with Gasteiger partial charge in [-0.15, -0.1) is 0 Å². The van der Waals surface area contributed by atoms with Crippen molar-refractivity contribution in [3.05, 3.63) is 81.8 Å². The van der Waals surface area contributed by atoms with E-state index in [1.54, 1.807) is 24.3 Å². The molecule has 0 saturated heterocycles. The van der Waals surface area contributed by atoms with Crippen LogP contribution in [0.5, 0.6) is 0 Å². The first-order valence-electron chi connectivity index (χ1n) is 7.45. The molecule has 0 aliphatic carbocycles. The number of fused-ring (bicyclic) bond motifs is 1. The number of benzene rings is 3. The van der Waals surface area contributed by atoms with E-state index in [0.717, 1.165) is 10.8 Å². The molecule has 1 unspecified atom stereocenters. The van der Waals surface area contributed by atoms with Crippen molar-refractivity contribution in [2.45, 2.75) is 6.10 Å². The molecule has 0 bridgehead atoms. The summed E-state index contributed by atoms with van der Waals surface area (Å²) < 4.78 is 0. The number of carbonyl (C=O) groups excluding carboxylic acids is 1. The van der Waals surface area contributed by atoms with Crippen LogP contribution in [0.25, 0.3) is 10.8 Å². The Morgan fingerprint density at radius 2 is 1.79 bits per heavy atom. The highest BCUT2D eigenvalue weighted by Crippen LogP contribution is 2.26. The molecule has 24 heavy (non-hydrogen) atoms. The fourth-order valence-electron chi connectivity index (χ4n) is 2.59. The Hall–Kier alpha value is -2.07. The van der Waals surface area contributed by atoms with E-state index >= 15 is 0 Å². The maximum Gasteiger partial charge on any atom is 0.252 e. The van der Waals surface area contributed by atoms with Crippen LogP contribution >= 0.6 is 23.2 Å². The number of rotatable bonds is 4. The van der Waals surface area contributed by atoms with Gasteiger partial charge in [0.1, 0.15) is 0 Å². The first-order chi connectivity index (χ1) is 11.6. The summed E-state index contributed by atoms with van der Waals surface area (Å²) in [7, 11) is 0. The number of carbonyl (C=O) groups is 1. The SMILES string of the molecule is O=C(NCC(O)c1ccc(Cl)cc1Cl)c1cccc2ccccc12. The second-order valence-corrected chi connectivity index (χ2v) is 6.26. The zero-order chi connectivity index (χ0) is 17.1. The van der Waals surface area contributed by atoms with Crippen LogP contribution in [0.4, 0.5) is 0 Å². The van der Waals surface area contributed by atoms with E-state index in [9.17, 15) is 9.90 Å². The number of aliphatic hydroxyl groups is 1. The summed E-state index contributed by atoms with van der Waals surface area (Å²) in [5.74, 6) is -0.240. The molecule has 0 aromatic heterocycles. The third-order valence-corrected chi connectivity index (χ3v) is 4.37. The van der Waals surface area contributed by atoms with E-state index in [-0.39, 0.29) is 12.5 Å². The molecule has 0 fully saturated rings. The number of aliphatic hydroxyl groups excluding tert-OH is 1. The van der Waals surface area contributed by atoms with Crippen molar-refractivity contribution < 1.29 is 9.90 Å². The molecule has 2 N–H and O–H groups in total. The van der Waals surface area contributed by atoms with Crippen LogP contribution in [0.15, 0.2) is 60.7 Å². The molecule has 3 aromatic carbocycles. The Morgan fingerprint density at radius 3 is 2.58 bits per heavy atom. The van der Waals surface area contributed by atoms with Gasteiger partial charge in [-0.1, -0.05) is 65.7 Å². The molecule has 0 spiro atoms. The summed E-state index contributed by atoms with van der Waals surface area (Å²) in [4.78, 5) is 12.5. The van der Waals surface area contributed by atoms with E-state index in [1.807, 2.05) is 36.4 Å². The number of amides is 1. The first kappa shape index (κ1) is 16.8.